The average Bonchev–Trinajstić information content (AvgIpc) is 2.84. The molecule has 3 atom stereocenters. The molecule has 2 N–H and O–H groups in total. The number of aryl methyl sites for hydroxylation is 1. The molecular formula is C19H21NO3. The first-order chi connectivity index (χ1) is 11.0. The second-order valence-electron chi connectivity index (χ2n) is 7.02. The van der Waals surface area contributed by atoms with Crippen molar-refractivity contribution < 1.29 is 14.3 Å². The van der Waals surface area contributed by atoms with Crippen LogP contribution in [0.1, 0.15) is 42.3 Å². The van der Waals surface area contributed by atoms with E-state index in [2.05, 4.69) is 18.3 Å². The Morgan fingerprint density at radius 3 is 2.83 bits per heavy atom. The zero-order valence-corrected chi connectivity index (χ0v) is 13.4. The lowest BCUT2D eigenvalue weighted by Crippen LogP contribution is -2.52. The topological polar surface area (TPSA) is 62.5 Å². The summed E-state index contributed by atoms with van der Waals surface area (Å²) in [6.45, 7) is 4.02. The van der Waals surface area contributed by atoms with Crippen molar-refractivity contribution >= 4 is 16.9 Å². The van der Waals surface area contributed by atoms with E-state index in [4.69, 9.17) is 4.42 Å². The summed E-state index contributed by atoms with van der Waals surface area (Å²) in [7, 11) is 0. The summed E-state index contributed by atoms with van der Waals surface area (Å²) in [5, 5.41) is 14.6. The van der Waals surface area contributed by atoms with Crippen LogP contribution in [-0.4, -0.2) is 22.7 Å². The van der Waals surface area contributed by atoms with Gasteiger partial charge in [0.25, 0.3) is 5.91 Å². The van der Waals surface area contributed by atoms with Crippen LogP contribution in [0.25, 0.3) is 11.0 Å². The van der Waals surface area contributed by atoms with Crippen LogP contribution in [0.5, 0.6) is 0 Å². The maximum atomic E-state index is 12.7. The highest BCUT2D eigenvalue weighted by atomic mass is 16.3. The maximum Gasteiger partial charge on any atom is 0.287 e. The van der Waals surface area contributed by atoms with E-state index in [1.54, 1.807) is 0 Å². The largest absolute Gasteiger partial charge is 0.451 e. The van der Waals surface area contributed by atoms with Gasteiger partial charge in [-0.3, -0.25) is 4.79 Å². The average molecular weight is 311 g/mol. The lowest BCUT2D eigenvalue weighted by molar-refractivity contribution is -0.0159. The van der Waals surface area contributed by atoms with Crippen molar-refractivity contribution in [2.45, 2.75) is 44.8 Å². The molecule has 3 aliphatic carbocycles. The highest BCUT2D eigenvalue weighted by molar-refractivity contribution is 5.99. The fourth-order valence-corrected chi connectivity index (χ4v) is 4.18. The zero-order chi connectivity index (χ0) is 16.2. The van der Waals surface area contributed by atoms with E-state index in [0.29, 0.717) is 24.5 Å². The fourth-order valence-electron chi connectivity index (χ4n) is 4.18. The number of carbonyl (C=O) groups excluding carboxylic acids is 1. The summed E-state index contributed by atoms with van der Waals surface area (Å²) < 4.78 is 5.74. The molecule has 1 aromatic heterocycles. The lowest BCUT2D eigenvalue weighted by Gasteiger charge is -2.46. The SMILES string of the molecule is Cc1c(C(=O)NC2C[C@@]3(O)CC=C2[C@H](C)C3)oc2ccccc12. The molecule has 0 saturated heterocycles. The Morgan fingerprint density at radius 1 is 1.35 bits per heavy atom. The van der Waals surface area contributed by atoms with Crippen LogP contribution in [0.2, 0.25) is 0 Å². The second-order valence-corrected chi connectivity index (χ2v) is 7.02. The van der Waals surface area contributed by atoms with Crippen molar-refractivity contribution in [3.8, 4) is 0 Å². The van der Waals surface area contributed by atoms with Gasteiger partial charge in [0.1, 0.15) is 5.58 Å². The molecule has 1 saturated carbocycles. The number of hydrogen-bond acceptors (Lipinski definition) is 3. The number of hydrogen-bond donors (Lipinski definition) is 2. The molecule has 0 spiro atoms. The van der Waals surface area contributed by atoms with Gasteiger partial charge in [0.05, 0.1) is 11.6 Å². The third-order valence-electron chi connectivity index (χ3n) is 5.31. The van der Waals surface area contributed by atoms with Crippen LogP contribution in [0.15, 0.2) is 40.3 Å². The maximum absolute atomic E-state index is 12.7. The summed E-state index contributed by atoms with van der Waals surface area (Å²) >= 11 is 0. The van der Waals surface area contributed by atoms with Gasteiger partial charge >= 0.3 is 0 Å². The Kier molecular flexibility index (Phi) is 3.13. The van der Waals surface area contributed by atoms with Crippen molar-refractivity contribution in [3.05, 3.63) is 47.2 Å². The first kappa shape index (κ1) is 14.5. The van der Waals surface area contributed by atoms with Crippen molar-refractivity contribution in [2.24, 2.45) is 5.92 Å². The van der Waals surface area contributed by atoms with Crippen LogP contribution >= 0.6 is 0 Å². The van der Waals surface area contributed by atoms with E-state index >= 15 is 0 Å². The highest BCUT2D eigenvalue weighted by Gasteiger charge is 2.44. The van der Waals surface area contributed by atoms with E-state index in [-0.39, 0.29) is 11.9 Å². The van der Waals surface area contributed by atoms with Crippen LogP contribution in [0.3, 0.4) is 0 Å². The molecule has 1 heterocycles. The van der Waals surface area contributed by atoms with Gasteiger partial charge in [0.15, 0.2) is 5.76 Å². The van der Waals surface area contributed by atoms with Gasteiger partial charge in [-0.05, 0) is 37.3 Å². The van der Waals surface area contributed by atoms with Crippen molar-refractivity contribution in [1.29, 1.82) is 0 Å². The Bertz CT molecular complexity index is 819. The van der Waals surface area contributed by atoms with Crippen molar-refractivity contribution in [3.63, 3.8) is 0 Å². The minimum absolute atomic E-state index is 0.0994. The number of benzene rings is 1. The Labute approximate surface area is 135 Å². The van der Waals surface area contributed by atoms with Gasteiger partial charge in [0, 0.05) is 17.4 Å². The van der Waals surface area contributed by atoms with Crippen molar-refractivity contribution in [2.75, 3.05) is 0 Å². The van der Waals surface area contributed by atoms with Gasteiger partial charge in [-0.2, -0.15) is 0 Å². The highest BCUT2D eigenvalue weighted by Crippen LogP contribution is 2.43. The van der Waals surface area contributed by atoms with Crippen molar-refractivity contribution in [1.82, 2.24) is 5.32 Å². The number of furan rings is 1. The predicted molar refractivity (Wildman–Crippen MR) is 88.3 cm³/mol. The lowest BCUT2D eigenvalue weighted by atomic mass is 9.66. The summed E-state index contributed by atoms with van der Waals surface area (Å²) in [5.41, 5.74) is 2.15. The molecule has 1 fully saturated rings. The Morgan fingerprint density at radius 2 is 2.13 bits per heavy atom. The molecule has 4 heteroatoms. The van der Waals surface area contributed by atoms with E-state index in [0.717, 1.165) is 23.0 Å². The molecule has 3 aliphatic rings. The quantitative estimate of drug-likeness (QED) is 0.836. The van der Waals surface area contributed by atoms with E-state index < -0.39 is 5.60 Å². The summed E-state index contributed by atoms with van der Waals surface area (Å²) in [6.07, 6.45) is 4.17. The Hall–Kier alpha value is -2.07. The predicted octanol–water partition coefficient (Wildman–Crippen LogP) is 3.33. The zero-order valence-electron chi connectivity index (χ0n) is 13.4. The number of nitrogens with one attached hydrogen (secondary N) is 1. The number of fused-ring (bicyclic) bond motifs is 4. The molecule has 1 unspecified atom stereocenters. The van der Waals surface area contributed by atoms with Gasteiger partial charge in [-0.1, -0.05) is 31.2 Å². The first-order valence-corrected chi connectivity index (χ1v) is 8.18. The third-order valence-corrected chi connectivity index (χ3v) is 5.31. The summed E-state index contributed by atoms with van der Waals surface area (Å²) in [4.78, 5) is 12.7. The van der Waals surface area contributed by atoms with Gasteiger partial charge in [-0.25, -0.2) is 0 Å². The van der Waals surface area contributed by atoms with Gasteiger partial charge in [0.2, 0.25) is 0 Å². The second kappa shape index (κ2) is 4.96. The van der Waals surface area contributed by atoms with Crippen LogP contribution in [-0.2, 0) is 0 Å². The molecule has 2 bridgehead atoms. The van der Waals surface area contributed by atoms with Crippen LogP contribution in [0.4, 0.5) is 0 Å². The van der Waals surface area contributed by atoms with E-state index in [9.17, 15) is 9.90 Å². The van der Waals surface area contributed by atoms with E-state index in [1.165, 1.54) is 5.57 Å². The number of aliphatic hydroxyl groups is 1. The molecule has 0 aliphatic heterocycles. The van der Waals surface area contributed by atoms with Gasteiger partial charge in [-0.15, -0.1) is 0 Å². The Balaban J connectivity index is 1.62. The smallest absolute Gasteiger partial charge is 0.287 e. The minimum Gasteiger partial charge on any atom is -0.451 e. The normalized spacial score (nSPS) is 29.6. The molecular weight excluding hydrogens is 290 g/mol. The number of para-hydroxylation sites is 1. The molecule has 5 rings (SSSR count). The van der Waals surface area contributed by atoms with E-state index in [1.807, 2.05) is 31.2 Å². The molecule has 23 heavy (non-hydrogen) atoms. The number of carbonyl (C=O) groups is 1. The minimum atomic E-state index is -0.679. The standard InChI is InChI=1S/C19H21NO3/c1-11-9-19(22)8-7-13(11)15(10-19)20-18(21)17-12(2)14-5-3-4-6-16(14)23-17/h3-7,11,15,22H,8-10H2,1-2H3,(H,20,21)/t11-,15?,19-/m1/s1. The fraction of sp³-hybridized carbons (Fsp3) is 0.421. The van der Waals surface area contributed by atoms with Crippen LogP contribution in [0, 0.1) is 12.8 Å². The molecule has 2 aromatic rings. The molecule has 1 amide bonds. The molecule has 0 radical (unpaired) electrons. The molecule has 4 nitrogen and oxygen atoms in total. The first-order valence-electron chi connectivity index (χ1n) is 8.18. The summed E-state index contributed by atoms with van der Waals surface area (Å²) in [5.74, 6) is 0.477. The number of rotatable bonds is 2. The van der Waals surface area contributed by atoms with Crippen LogP contribution < -0.4 is 5.32 Å². The molecule has 1 aromatic carbocycles. The monoisotopic (exact) mass is 311 g/mol. The van der Waals surface area contributed by atoms with Gasteiger partial charge < -0.3 is 14.8 Å². The summed E-state index contributed by atoms with van der Waals surface area (Å²) in [6, 6.07) is 7.57. The third kappa shape index (κ3) is 2.29. The molecule has 120 valence electrons. The number of amides is 1.